The Morgan fingerprint density at radius 3 is 2.65 bits per heavy atom. The van der Waals surface area contributed by atoms with Crippen molar-refractivity contribution in [1.82, 2.24) is 10.2 Å². The Morgan fingerprint density at radius 2 is 1.95 bits per heavy atom. The highest BCUT2D eigenvalue weighted by Crippen LogP contribution is 2.26. The molecule has 1 aromatic rings. The van der Waals surface area contributed by atoms with Crippen LogP contribution >= 0.6 is 0 Å². The predicted octanol–water partition coefficient (Wildman–Crippen LogP) is 1.95. The molecule has 0 atom stereocenters. The summed E-state index contributed by atoms with van der Waals surface area (Å²) in [6.07, 6.45) is 0.801. The summed E-state index contributed by atoms with van der Waals surface area (Å²) in [6.45, 7) is 7.69. The summed E-state index contributed by atoms with van der Waals surface area (Å²) < 4.78 is 0. The van der Waals surface area contributed by atoms with E-state index in [1.165, 1.54) is 0 Å². The average molecular weight is 274 g/mol. The highest BCUT2D eigenvalue weighted by Gasteiger charge is 2.26. The third-order valence-corrected chi connectivity index (χ3v) is 3.51. The van der Waals surface area contributed by atoms with Crippen LogP contribution in [0.15, 0.2) is 24.3 Å². The number of hydrogen-bond acceptors (Lipinski definition) is 2. The molecule has 0 unspecified atom stereocenters. The summed E-state index contributed by atoms with van der Waals surface area (Å²) in [4.78, 5) is 26.0. The molecule has 4 heteroatoms. The van der Waals surface area contributed by atoms with Gasteiger partial charge in [-0.2, -0.15) is 0 Å². The maximum absolute atomic E-state index is 12.7. The lowest BCUT2D eigenvalue weighted by Gasteiger charge is -2.26. The fraction of sp³-hybridized carbons (Fsp3) is 0.500. The molecule has 20 heavy (non-hydrogen) atoms. The van der Waals surface area contributed by atoms with Crippen molar-refractivity contribution in [2.24, 2.45) is 0 Å². The molecule has 1 N–H and O–H groups in total. The first-order valence-electron chi connectivity index (χ1n) is 7.05. The number of nitrogens with zero attached hydrogens (tertiary/aromatic N) is 1. The van der Waals surface area contributed by atoms with Gasteiger partial charge >= 0.3 is 0 Å². The normalized spacial score (nSPS) is 16.6. The topological polar surface area (TPSA) is 49.4 Å². The van der Waals surface area contributed by atoms with Crippen LogP contribution in [0.25, 0.3) is 0 Å². The van der Waals surface area contributed by atoms with Crippen LogP contribution in [0.3, 0.4) is 0 Å². The molecular formula is C16H22N2O2. The fourth-order valence-electron chi connectivity index (χ4n) is 2.47. The van der Waals surface area contributed by atoms with E-state index in [9.17, 15) is 9.59 Å². The van der Waals surface area contributed by atoms with E-state index in [1.807, 2.05) is 24.3 Å². The lowest BCUT2D eigenvalue weighted by atomic mass is 9.83. The first-order chi connectivity index (χ1) is 9.39. The van der Waals surface area contributed by atoms with E-state index < -0.39 is 0 Å². The second-order valence-electron chi connectivity index (χ2n) is 6.23. The molecule has 0 saturated carbocycles. The quantitative estimate of drug-likeness (QED) is 0.851. The number of carbonyl (C=O) groups excluding carboxylic acids is 2. The largest absolute Gasteiger partial charge is 0.354 e. The third kappa shape index (κ3) is 3.18. The molecule has 2 amide bonds. The summed E-state index contributed by atoms with van der Waals surface area (Å²) in [6, 6.07) is 7.67. The zero-order valence-electron chi connectivity index (χ0n) is 12.4. The third-order valence-electron chi connectivity index (χ3n) is 3.51. The smallest absolute Gasteiger partial charge is 0.254 e. The molecule has 1 heterocycles. The van der Waals surface area contributed by atoms with Crippen molar-refractivity contribution in [3.63, 3.8) is 0 Å². The second kappa shape index (κ2) is 5.65. The number of nitrogens with one attached hydrogen (secondary N) is 1. The molecule has 1 aromatic carbocycles. The Hall–Kier alpha value is -1.84. The minimum absolute atomic E-state index is 0.0485. The molecule has 0 spiro atoms. The highest BCUT2D eigenvalue weighted by molar-refractivity contribution is 5.98. The van der Waals surface area contributed by atoms with Gasteiger partial charge in [0, 0.05) is 18.7 Å². The van der Waals surface area contributed by atoms with Crippen LogP contribution in [0.2, 0.25) is 0 Å². The standard InChI is InChI=1S/C16H22N2O2/c1-16(2,3)13-8-5-4-7-12(13)15(20)18-10-6-9-17-14(19)11-18/h4-5,7-8H,6,9-11H2,1-3H3,(H,17,19). The molecule has 4 nitrogen and oxygen atoms in total. The number of amides is 2. The number of rotatable bonds is 1. The van der Waals surface area contributed by atoms with Crippen molar-refractivity contribution in [2.75, 3.05) is 19.6 Å². The minimum atomic E-state index is -0.0969. The molecule has 108 valence electrons. The van der Waals surface area contributed by atoms with Crippen LogP contribution in [0.1, 0.15) is 43.1 Å². The van der Waals surface area contributed by atoms with Gasteiger partial charge in [0.2, 0.25) is 5.91 Å². The van der Waals surface area contributed by atoms with Crippen molar-refractivity contribution in [3.05, 3.63) is 35.4 Å². The SMILES string of the molecule is CC(C)(C)c1ccccc1C(=O)N1CCCNC(=O)C1. The molecule has 0 aliphatic carbocycles. The Balaban J connectivity index is 2.31. The second-order valence-corrected chi connectivity index (χ2v) is 6.23. The Kier molecular flexibility index (Phi) is 4.12. The Morgan fingerprint density at radius 1 is 1.25 bits per heavy atom. The molecule has 0 bridgehead atoms. The maximum Gasteiger partial charge on any atom is 0.254 e. The average Bonchev–Trinajstić information content (AvgIpc) is 2.61. The van der Waals surface area contributed by atoms with Gasteiger partial charge in [0.05, 0.1) is 6.54 Å². The van der Waals surface area contributed by atoms with Crippen LogP contribution in [-0.2, 0) is 10.2 Å². The van der Waals surface area contributed by atoms with Gasteiger partial charge in [0.25, 0.3) is 5.91 Å². The van der Waals surface area contributed by atoms with Crippen LogP contribution in [-0.4, -0.2) is 36.3 Å². The van der Waals surface area contributed by atoms with Crippen LogP contribution in [0.5, 0.6) is 0 Å². The molecule has 1 saturated heterocycles. The summed E-state index contributed by atoms with van der Waals surface area (Å²) in [5.74, 6) is -0.128. The first kappa shape index (κ1) is 14.6. The van der Waals surface area contributed by atoms with Gasteiger partial charge in [-0.25, -0.2) is 0 Å². The first-order valence-corrected chi connectivity index (χ1v) is 7.05. The van der Waals surface area contributed by atoms with E-state index in [-0.39, 0.29) is 23.8 Å². The molecular weight excluding hydrogens is 252 g/mol. The van der Waals surface area contributed by atoms with Crippen molar-refractivity contribution < 1.29 is 9.59 Å². The van der Waals surface area contributed by atoms with E-state index >= 15 is 0 Å². The maximum atomic E-state index is 12.7. The van der Waals surface area contributed by atoms with Crippen LogP contribution in [0.4, 0.5) is 0 Å². The van der Waals surface area contributed by atoms with Crippen LogP contribution < -0.4 is 5.32 Å². The van der Waals surface area contributed by atoms with Gasteiger partial charge < -0.3 is 10.2 Å². The number of hydrogen-bond donors (Lipinski definition) is 1. The van der Waals surface area contributed by atoms with E-state index in [1.54, 1.807) is 4.90 Å². The van der Waals surface area contributed by atoms with Gasteiger partial charge in [-0.05, 0) is 23.5 Å². The van der Waals surface area contributed by atoms with Crippen LogP contribution in [0, 0.1) is 0 Å². The zero-order chi connectivity index (χ0) is 14.8. The minimum Gasteiger partial charge on any atom is -0.354 e. The lowest BCUT2D eigenvalue weighted by molar-refractivity contribution is -0.121. The van der Waals surface area contributed by atoms with Gasteiger partial charge in [-0.1, -0.05) is 39.0 Å². The van der Waals surface area contributed by atoms with Crippen molar-refractivity contribution in [1.29, 1.82) is 0 Å². The number of benzene rings is 1. The Labute approximate surface area is 120 Å². The molecule has 0 aromatic heterocycles. The van der Waals surface area contributed by atoms with E-state index in [0.717, 1.165) is 12.0 Å². The van der Waals surface area contributed by atoms with E-state index in [0.29, 0.717) is 18.7 Å². The Bertz CT molecular complexity index is 517. The highest BCUT2D eigenvalue weighted by atomic mass is 16.2. The summed E-state index contributed by atoms with van der Waals surface area (Å²) >= 11 is 0. The summed E-state index contributed by atoms with van der Waals surface area (Å²) in [7, 11) is 0. The molecule has 1 aliphatic rings. The van der Waals surface area contributed by atoms with Gasteiger partial charge in [-0.3, -0.25) is 9.59 Å². The monoisotopic (exact) mass is 274 g/mol. The van der Waals surface area contributed by atoms with Crippen molar-refractivity contribution in [3.8, 4) is 0 Å². The summed E-state index contributed by atoms with van der Waals surface area (Å²) in [5.41, 5.74) is 1.63. The van der Waals surface area contributed by atoms with Gasteiger partial charge in [-0.15, -0.1) is 0 Å². The fourth-order valence-corrected chi connectivity index (χ4v) is 2.47. The van der Waals surface area contributed by atoms with Gasteiger partial charge in [0.15, 0.2) is 0 Å². The molecule has 1 aliphatic heterocycles. The molecule has 1 fully saturated rings. The van der Waals surface area contributed by atoms with E-state index in [2.05, 4.69) is 26.1 Å². The number of carbonyl (C=O) groups is 2. The zero-order valence-corrected chi connectivity index (χ0v) is 12.4. The van der Waals surface area contributed by atoms with Crippen molar-refractivity contribution in [2.45, 2.75) is 32.6 Å². The molecule has 0 radical (unpaired) electrons. The molecule has 2 rings (SSSR count). The van der Waals surface area contributed by atoms with Gasteiger partial charge in [0.1, 0.15) is 0 Å². The summed E-state index contributed by atoms with van der Waals surface area (Å²) in [5, 5.41) is 2.79. The predicted molar refractivity (Wildman–Crippen MR) is 78.7 cm³/mol. The lowest BCUT2D eigenvalue weighted by Crippen LogP contribution is -2.38. The van der Waals surface area contributed by atoms with E-state index in [4.69, 9.17) is 0 Å². The van der Waals surface area contributed by atoms with Crippen molar-refractivity contribution >= 4 is 11.8 Å².